The summed E-state index contributed by atoms with van der Waals surface area (Å²) in [6.07, 6.45) is -0.703. The lowest BCUT2D eigenvalue weighted by atomic mass is 10.0. The molecule has 4 aromatic rings. The Labute approximate surface area is 190 Å². The second kappa shape index (κ2) is 8.04. The van der Waals surface area contributed by atoms with Crippen LogP contribution in [0.1, 0.15) is 36.7 Å². The van der Waals surface area contributed by atoms with Gasteiger partial charge in [-0.25, -0.2) is 4.98 Å². The van der Waals surface area contributed by atoms with Crippen molar-refractivity contribution in [2.45, 2.75) is 19.1 Å². The second-order valence-corrected chi connectivity index (χ2v) is 8.66. The van der Waals surface area contributed by atoms with Gasteiger partial charge >= 0.3 is 6.18 Å². The number of nitrogens with one attached hydrogen (secondary N) is 2. The molecular formula is C23H17F3N4O2S. The highest BCUT2D eigenvalue weighted by Gasteiger charge is 2.31. The molecule has 5 rings (SSSR count). The number of aromatic amines is 1. The van der Waals surface area contributed by atoms with Crippen LogP contribution in [0.4, 0.5) is 18.9 Å². The first-order valence-electron chi connectivity index (χ1n) is 10.1. The zero-order chi connectivity index (χ0) is 23.2. The van der Waals surface area contributed by atoms with Gasteiger partial charge in [0, 0.05) is 40.3 Å². The van der Waals surface area contributed by atoms with Crippen molar-refractivity contribution in [3.63, 3.8) is 0 Å². The molecule has 33 heavy (non-hydrogen) atoms. The molecule has 3 aromatic heterocycles. The number of nitrogens with zero attached hydrogens (tertiary/aromatic N) is 2. The molecule has 10 heteroatoms. The van der Waals surface area contributed by atoms with Crippen LogP contribution in [0.25, 0.3) is 11.0 Å². The fourth-order valence-corrected chi connectivity index (χ4v) is 5.00. The number of hydrogen-bond acceptors (Lipinski definition) is 4. The third kappa shape index (κ3) is 4.09. The smallest absolute Gasteiger partial charge is 0.346 e. The Kier molecular flexibility index (Phi) is 5.16. The molecule has 0 atom stereocenters. The minimum atomic E-state index is -4.49. The molecule has 168 valence electrons. The number of fused-ring (bicyclic) bond motifs is 2. The van der Waals surface area contributed by atoms with E-state index in [2.05, 4.69) is 15.3 Å². The standard InChI is InChI=1S/C23H17F3N4O2S/c24-23(25,26)15-2-1-3-16(9-15)29-21(31)18-12-33-19-11-30(7-5-17(18)19)22(32)14-8-13-4-6-27-20(13)28-10-14/h1-4,6,8-10,12H,5,7,11H2,(H,27,28)(H,29,31). The first-order chi connectivity index (χ1) is 15.8. The van der Waals surface area contributed by atoms with Crippen molar-refractivity contribution in [1.29, 1.82) is 0 Å². The molecule has 1 aromatic carbocycles. The number of thiophene rings is 1. The van der Waals surface area contributed by atoms with Gasteiger partial charge in [0.2, 0.25) is 0 Å². The molecule has 0 saturated carbocycles. The lowest BCUT2D eigenvalue weighted by Crippen LogP contribution is -2.35. The Morgan fingerprint density at radius 3 is 2.85 bits per heavy atom. The molecule has 0 fully saturated rings. The number of aromatic nitrogens is 2. The maximum atomic E-state index is 13.0. The highest BCUT2D eigenvalue weighted by atomic mass is 32.1. The van der Waals surface area contributed by atoms with Crippen molar-refractivity contribution in [2.24, 2.45) is 0 Å². The minimum absolute atomic E-state index is 0.0787. The quantitative estimate of drug-likeness (QED) is 0.438. The van der Waals surface area contributed by atoms with E-state index in [1.54, 1.807) is 28.7 Å². The molecule has 6 nitrogen and oxygen atoms in total. The number of H-pyrrole nitrogens is 1. The van der Waals surface area contributed by atoms with Crippen LogP contribution < -0.4 is 5.32 Å². The molecule has 1 aliphatic rings. The molecule has 4 heterocycles. The number of halogens is 3. The van der Waals surface area contributed by atoms with E-state index in [0.29, 0.717) is 36.3 Å². The molecule has 0 unspecified atom stereocenters. The molecule has 0 aliphatic carbocycles. The number of benzene rings is 1. The third-order valence-corrected chi connectivity index (χ3v) is 6.59. The number of hydrogen-bond donors (Lipinski definition) is 2. The zero-order valence-corrected chi connectivity index (χ0v) is 17.9. The monoisotopic (exact) mass is 470 g/mol. The first kappa shape index (κ1) is 21.2. The Hall–Kier alpha value is -3.66. The number of amides is 2. The summed E-state index contributed by atoms with van der Waals surface area (Å²) in [5.41, 5.74) is 1.71. The lowest BCUT2D eigenvalue weighted by molar-refractivity contribution is -0.137. The summed E-state index contributed by atoms with van der Waals surface area (Å²) in [4.78, 5) is 35.6. The molecule has 0 saturated heterocycles. The van der Waals surface area contributed by atoms with Crippen LogP contribution in [0.5, 0.6) is 0 Å². The number of alkyl halides is 3. The van der Waals surface area contributed by atoms with Crippen LogP contribution in [0.3, 0.4) is 0 Å². The summed E-state index contributed by atoms with van der Waals surface area (Å²) in [6.45, 7) is 0.790. The van der Waals surface area contributed by atoms with Gasteiger partial charge in [0.15, 0.2) is 0 Å². The minimum Gasteiger partial charge on any atom is -0.346 e. The van der Waals surface area contributed by atoms with E-state index in [0.717, 1.165) is 28.0 Å². The van der Waals surface area contributed by atoms with Crippen LogP contribution in [-0.4, -0.2) is 33.2 Å². The van der Waals surface area contributed by atoms with Gasteiger partial charge in [0.1, 0.15) is 5.65 Å². The summed E-state index contributed by atoms with van der Waals surface area (Å²) in [7, 11) is 0. The topological polar surface area (TPSA) is 78.1 Å². The van der Waals surface area contributed by atoms with Gasteiger partial charge in [0.25, 0.3) is 11.8 Å². The van der Waals surface area contributed by atoms with Gasteiger partial charge in [-0.1, -0.05) is 6.07 Å². The van der Waals surface area contributed by atoms with Crippen molar-refractivity contribution < 1.29 is 22.8 Å². The van der Waals surface area contributed by atoms with Crippen LogP contribution >= 0.6 is 11.3 Å². The van der Waals surface area contributed by atoms with Gasteiger partial charge in [-0.05, 0) is 42.3 Å². The van der Waals surface area contributed by atoms with Crippen LogP contribution in [-0.2, 0) is 19.1 Å². The Balaban J connectivity index is 1.31. The van der Waals surface area contributed by atoms with Gasteiger partial charge in [-0.3, -0.25) is 9.59 Å². The SMILES string of the molecule is O=C(Nc1cccc(C(F)(F)F)c1)c1csc2c1CCN(C(=O)c1cnc3[nH]ccc3c1)C2. The Morgan fingerprint density at radius 1 is 1.18 bits per heavy atom. The molecular weight excluding hydrogens is 453 g/mol. The van der Waals surface area contributed by atoms with E-state index in [1.165, 1.54) is 23.5 Å². The van der Waals surface area contributed by atoms with E-state index in [4.69, 9.17) is 0 Å². The summed E-state index contributed by atoms with van der Waals surface area (Å²) < 4.78 is 38.8. The van der Waals surface area contributed by atoms with Gasteiger partial charge in [-0.2, -0.15) is 13.2 Å². The largest absolute Gasteiger partial charge is 0.416 e. The normalized spacial score (nSPS) is 13.7. The van der Waals surface area contributed by atoms with Crippen molar-refractivity contribution in [2.75, 3.05) is 11.9 Å². The second-order valence-electron chi connectivity index (χ2n) is 7.70. The summed E-state index contributed by atoms with van der Waals surface area (Å²) in [5.74, 6) is -0.603. The van der Waals surface area contributed by atoms with Crippen LogP contribution in [0.15, 0.2) is 54.2 Å². The summed E-state index contributed by atoms with van der Waals surface area (Å²) >= 11 is 1.36. The first-order valence-corrected chi connectivity index (χ1v) is 11.0. The highest BCUT2D eigenvalue weighted by molar-refractivity contribution is 7.10. The van der Waals surface area contributed by atoms with Crippen molar-refractivity contribution in [1.82, 2.24) is 14.9 Å². The average molecular weight is 470 g/mol. The highest BCUT2D eigenvalue weighted by Crippen LogP contribution is 2.32. The van der Waals surface area contributed by atoms with E-state index in [9.17, 15) is 22.8 Å². The summed E-state index contributed by atoms with van der Waals surface area (Å²) in [5, 5.41) is 5.10. The van der Waals surface area contributed by atoms with Crippen LogP contribution in [0, 0.1) is 0 Å². The Bertz CT molecular complexity index is 1380. The maximum Gasteiger partial charge on any atom is 0.416 e. The van der Waals surface area contributed by atoms with Gasteiger partial charge in [0.05, 0.1) is 23.2 Å². The number of carbonyl (C=O) groups excluding carboxylic acids is 2. The van der Waals surface area contributed by atoms with Crippen molar-refractivity contribution >= 4 is 39.9 Å². The van der Waals surface area contributed by atoms with E-state index in [-0.39, 0.29) is 11.6 Å². The predicted octanol–water partition coefficient (Wildman–Crippen LogP) is 5.09. The number of anilines is 1. The van der Waals surface area contributed by atoms with Crippen LogP contribution in [0.2, 0.25) is 0 Å². The molecule has 1 aliphatic heterocycles. The molecule has 0 spiro atoms. The molecule has 0 bridgehead atoms. The van der Waals surface area contributed by atoms with E-state index < -0.39 is 17.6 Å². The fourth-order valence-electron chi connectivity index (χ4n) is 3.90. The van der Waals surface area contributed by atoms with Crippen molar-refractivity contribution in [3.05, 3.63) is 81.3 Å². The predicted molar refractivity (Wildman–Crippen MR) is 118 cm³/mol. The molecule has 2 amide bonds. The fraction of sp³-hybridized carbons (Fsp3) is 0.174. The zero-order valence-electron chi connectivity index (χ0n) is 17.1. The van der Waals surface area contributed by atoms with E-state index >= 15 is 0 Å². The van der Waals surface area contributed by atoms with Gasteiger partial charge < -0.3 is 15.2 Å². The number of carbonyl (C=O) groups is 2. The van der Waals surface area contributed by atoms with Gasteiger partial charge in [-0.15, -0.1) is 11.3 Å². The molecule has 0 radical (unpaired) electrons. The lowest BCUT2D eigenvalue weighted by Gasteiger charge is -2.27. The maximum absolute atomic E-state index is 13.0. The average Bonchev–Trinajstić information content (AvgIpc) is 3.44. The Morgan fingerprint density at radius 2 is 2.03 bits per heavy atom. The van der Waals surface area contributed by atoms with E-state index in [1.807, 2.05) is 6.07 Å². The van der Waals surface area contributed by atoms with Crippen molar-refractivity contribution in [3.8, 4) is 0 Å². The summed E-state index contributed by atoms with van der Waals surface area (Å²) in [6, 6.07) is 8.18. The number of pyridine rings is 1. The number of rotatable bonds is 3. The molecule has 2 N–H and O–H groups in total. The third-order valence-electron chi connectivity index (χ3n) is 5.57.